The number of H-pyrrole nitrogens is 1. The highest BCUT2D eigenvalue weighted by Crippen LogP contribution is 2.38. The Morgan fingerprint density at radius 3 is 2.97 bits per heavy atom. The molecule has 1 amide bonds. The van der Waals surface area contributed by atoms with Crippen LogP contribution in [0.2, 0.25) is 0 Å². The first kappa shape index (κ1) is 21.2. The summed E-state index contributed by atoms with van der Waals surface area (Å²) in [7, 11) is 0. The molecular formula is C21H25N7O2S. The Kier molecular flexibility index (Phi) is 5.64. The lowest BCUT2D eigenvalue weighted by Gasteiger charge is -2.37. The van der Waals surface area contributed by atoms with E-state index in [9.17, 15) is 9.90 Å². The third-order valence-corrected chi connectivity index (χ3v) is 6.63. The summed E-state index contributed by atoms with van der Waals surface area (Å²) in [6.07, 6.45) is 4.38. The number of piperidine rings is 1. The highest BCUT2D eigenvalue weighted by molar-refractivity contribution is 7.14. The van der Waals surface area contributed by atoms with E-state index in [1.54, 1.807) is 24.9 Å². The smallest absolute Gasteiger partial charge is 0.236 e. The van der Waals surface area contributed by atoms with Gasteiger partial charge in [-0.2, -0.15) is 5.26 Å². The average Bonchev–Trinajstić information content (AvgIpc) is 3.37. The monoisotopic (exact) mass is 439 g/mol. The van der Waals surface area contributed by atoms with E-state index in [0.29, 0.717) is 29.0 Å². The number of nitrogens with zero attached hydrogens (tertiary/aromatic N) is 5. The first-order valence-electron chi connectivity index (χ1n) is 10.2. The molecule has 0 saturated carbocycles. The number of aromatic amines is 1. The van der Waals surface area contributed by atoms with E-state index >= 15 is 0 Å². The fourth-order valence-corrected chi connectivity index (χ4v) is 4.81. The molecule has 3 aromatic heterocycles. The number of nitriles is 1. The van der Waals surface area contributed by atoms with Gasteiger partial charge in [0.2, 0.25) is 5.91 Å². The number of hydrogen-bond acceptors (Lipinski definition) is 8. The van der Waals surface area contributed by atoms with E-state index < -0.39 is 5.60 Å². The minimum Gasteiger partial charge on any atom is -0.383 e. The minimum atomic E-state index is -1.07. The Bertz CT molecular complexity index is 1140. The number of carbonyl (C=O) groups is 1. The van der Waals surface area contributed by atoms with Crippen LogP contribution in [-0.4, -0.2) is 55.2 Å². The van der Waals surface area contributed by atoms with Gasteiger partial charge in [-0.25, -0.2) is 4.98 Å². The number of anilines is 1. The van der Waals surface area contributed by atoms with Gasteiger partial charge in [0.1, 0.15) is 22.7 Å². The number of amides is 1. The van der Waals surface area contributed by atoms with E-state index in [4.69, 9.17) is 5.26 Å². The van der Waals surface area contributed by atoms with Gasteiger partial charge in [0, 0.05) is 36.9 Å². The van der Waals surface area contributed by atoms with Crippen molar-refractivity contribution in [1.82, 2.24) is 25.1 Å². The van der Waals surface area contributed by atoms with Crippen LogP contribution >= 0.6 is 11.3 Å². The molecule has 162 valence electrons. The molecule has 9 nitrogen and oxygen atoms in total. The van der Waals surface area contributed by atoms with Gasteiger partial charge in [-0.05, 0) is 32.3 Å². The molecule has 0 radical (unpaired) electrons. The van der Waals surface area contributed by atoms with E-state index in [2.05, 4.69) is 32.4 Å². The maximum absolute atomic E-state index is 12.3. The molecule has 31 heavy (non-hydrogen) atoms. The van der Waals surface area contributed by atoms with Gasteiger partial charge in [-0.1, -0.05) is 18.3 Å². The number of aromatic nitrogens is 4. The van der Waals surface area contributed by atoms with Crippen molar-refractivity contribution in [3.05, 3.63) is 23.5 Å². The SMILES string of the molecule is C[C@H]1C[C@@H](Nc2c(-c3nnc(C(C)(C)O)s3)cnc3[nH]ccc23)CN(C(=O)CC#N)C1. The molecule has 0 aromatic carbocycles. The van der Waals surface area contributed by atoms with Crippen LogP contribution in [0.3, 0.4) is 0 Å². The van der Waals surface area contributed by atoms with Crippen molar-refractivity contribution in [1.29, 1.82) is 5.26 Å². The molecule has 3 N–H and O–H groups in total. The van der Waals surface area contributed by atoms with Gasteiger partial charge in [0.05, 0.1) is 17.3 Å². The van der Waals surface area contributed by atoms with E-state index in [0.717, 1.165) is 28.7 Å². The van der Waals surface area contributed by atoms with Crippen molar-refractivity contribution in [3.63, 3.8) is 0 Å². The Balaban J connectivity index is 1.69. The second kappa shape index (κ2) is 8.24. The Morgan fingerprint density at radius 2 is 2.26 bits per heavy atom. The number of hydrogen-bond donors (Lipinski definition) is 3. The maximum Gasteiger partial charge on any atom is 0.236 e. The van der Waals surface area contributed by atoms with Crippen molar-refractivity contribution >= 4 is 34.0 Å². The van der Waals surface area contributed by atoms with Crippen molar-refractivity contribution in [2.45, 2.75) is 45.3 Å². The largest absolute Gasteiger partial charge is 0.383 e. The summed E-state index contributed by atoms with van der Waals surface area (Å²) in [6, 6.07) is 3.93. The van der Waals surface area contributed by atoms with Crippen molar-refractivity contribution < 1.29 is 9.90 Å². The summed E-state index contributed by atoms with van der Waals surface area (Å²) in [5.74, 6) is 0.172. The molecule has 10 heteroatoms. The van der Waals surface area contributed by atoms with Gasteiger partial charge in [-0.3, -0.25) is 4.79 Å². The molecule has 2 atom stereocenters. The van der Waals surface area contributed by atoms with Gasteiger partial charge in [-0.15, -0.1) is 10.2 Å². The van der Waals surface area contributed by atoms with Crippen LogP contribution in [0, 0.1) is 17.2 Å². The van der Waals surface area contributed by atoms with Crippen molar-refractivity contribution in [3.8, 4) is 16.6 Å². The molecule has 0 spiro atoms. The highest BCUT2D eigenvalue weighted by Gasteiger charge is 2.29. The third kappa shape index (κ3) is 4.38. The first-order chi connectivity index (χ1) is 14.8. The van der Waals surface area contributed by atoms with E-state index in [1.165, 1.54) is 11.3 Å². The summed E-state index contributed by atoms with van der Waals surface area (Å²) < 4.78 is 0. The number of fused-ring (bicyclic) bond motifs is 1. The molecule has 1 aliphatic rings. The zero-order valence-electron chi connectivity index (χ0n) is 17.7. The lowest BCUT2D eigenvalue weighted by Crippen LogP contribution is -2.48. The predicted molar refractivity (Wildman–Crippen MR) is 118 cm³/mol. The standard InChI is InChI=1S/C21H25N7O2S/c1-12-8-13(11-28(10-12)16(29)4-6-22)25-17-14-5-7-23-18(14)24-9-15(17)19-26-27-20(31-19)21(2,3)30/h5,7,9,12-13,30H,4,8,10-11H2,1-3H3,(H2,23,24,25)/t12-,13+/m0/s1. The van der Waals surface area contributed by atoms with Crippen molar-refractivity contribution in [2.24, 2.45) is 5.92 Å². The summed E-state index contributed by atoms with van der Waals surface area (Å²) >= 11 is 1.33. The summed E-state index contributed by atoms with van der Waals surface area (Å²) in [5.41, 5.74) is 1.35. The topological polar surface area (TPSA) is 131 Å². The summed E-state index contributed by atoms with van der Waals surface area (Å²) in [6.45, 7) is 6.66. The number of likely N-dealkylation sites (tertiary alicyclic amines) is 1. The predicted octanol–water partition coefficient (Wildman–Crippen LogP) is 2.87. The van der Waals surface area contributed by atoms with Crippen LogP contribution in [0.4, 0.5) is 5.69 Å². The average molecular weight is 440 g/mol. The van der Waals surface area contributed by atoms with E-state index in [-0.39, 0.29) is 18.4 Å². The normalized spacial score (nSPS) is 19.4. The number of rotatable bonds is 5. The minimum absolute atomic E-state index is 0.0207. The fourth-order valence-electron chi connectivity index (χ4n) is 3.95. The Morgan fingerprint density at radius 1 is 1.45 bits per heavy atom. The molecule has 3 aromatic rings. The molecule has 1 aliphatic heterocycles. The molecule has 4 heterocycles. The number of pyridine rings is 1. The van der Waals surface area contributed by atoms with Crippen LogP contribution in [0.25, 0.3) is 21.6 Å². The number of aliphatic hydroxyl groups is 1. The van der Waals surface area contributed by atoms with Gasteiger partial charge < -0.3 is 20.3 Å². The summed E-state index contributed by atoms with van der Waals surface area (Å²) in [5, 5.41) is 33.4. The lowest BCUT2D eigenvalue weighted by atomic mass is 9.95. The third-order valence-electron chi connectivity index (χ3n) is 5.36. The maximum atomic E-state index is 12.3. The van der Waals surface area contributed by atoms with Gasteiger partial charge in [0.25, 0.3) is 0 Å². The lowest BCUT2D eigenvalue weighted by molar-refractivity contribution is -0.132. The van der Waals surface area contributed by atoms with Gasteiger partial charge in [0.15, 0.2) is 5.01 Å². The molecule has 0 bridgehead atoms. The quantitative estimate of drug-likeness (QED) is 0.557. The van der Waals surface area contributed by atoms with Crippen LogP contribution in [0.15, 0.2) is 18.5 Å². The first-order valence-corrected chi connectivity index (χ1v) is 11.0. The molecule has 4 rings (SSSR count). The van der Waals surface area contributed by atoms with Crippen LogP contribution in [-0.2, 0) is 10.4 Å². The molecule has 1 saturated heterocycles. The second-order valence-electron chi connectivity index (χ2n) is 8.57. The molecule has 0 aliphatic carbocycles. The van der Waals surface area contributed by atoms with Crippen LogP contribution in [0.5, 0.6) is 0 Å². The molecule has 1 fully saturated rings. The molecular weight excluding hydrogens is 414 g/mol. The zero-order valence-corrected chi connectivity index (χ0v) is 18.5. The van der Waals surface area contributed by atoms with Crippen molar-refractivity contribution in [2.75, 3.05) is 18.4 Å². The van der Waals surface area contributed by atoms with Crippen LogP contribution < -0.4 is 5.32 Å². The Hall–Kier alpha value is -3.03. The Labute approximate surface area is 184 Å². The highest BCUT2D eigenvalue weighted by atomic mass is 32.1. The van der Waals surface area contributed by atoms with Gasteiger partial charge >= 0.3 is 0 Å². The number of carbonyl (C=O) groups excluding carboxylic acids is 1. The molecule has 0 unspecified atom stereocenters. The second-order valence-corrected chi connectivity index (χ2v) is 9.55. The zero-order chi connectivity index (χ0) is 22.2. The fraction of sp³-hybridized carbons (Fsp3) is 0.476. The number of nitrogens with one attached hydrogen (secondary N) is 2. The summed E-state index contributed by atoms with van der Waals surface area (Å²) in [4.78, 5) is 21.7. The van der Waals surface area contributed by atoms with E-state index in [1.807, 2.05) is 18.3 Å². The van der Waals surface area contributed by atoms with Crippen LogP contribution in [0.1, 0.15) is 38.6 Å².